The summed E-state index contributed by atoms with van der Waals surface area (Å²) in [6.45, 7) is 4.25. The van der Waals surface area contributed by atoms with Crippen molar-refractivity contribution in [2.45, 2.75) is 20.8 Å². The molecule has 0 aromatic heterocycles. The van der Waals surface area contributed by atoms with Crippen LogP contribution in [0.3, 0.4) is 0 Å². The van der Waals surface area contributed by atoms with Crippen LogP contribution in [0.15, 0.2) is 109 Å². The largest absolute Gasteiger partial charge is 1.20 e. The minimum atomic E-state index is -3.25. The van der Waals surface area contributed by atoms with E-state index in [1.54, 1.807) is 36.4 Å². The van der Waals surface area contributed by atoms with Gasteiger partial charge in [-0.15, -0.1) is 0 Å². The third-order valence-corrected chi connectivity index (χ3v) is 6.19. The molecule has 0 aliphatic rings. The first-order valence-corrected chi connectivity index (χ1v) is 13.1. The van der Waals surface area contributed by atoms with Gasteiger partial charge in [0, 0.05) is 34.9 Å². The Hall–Kier alpha value is -4.18. The first kappa shape index (κ1) is 27.4. The second-order valence-corrected chi connectivity index (χ2v) is 9.38. The summed E-state index contributed by atoms with van der Waals surface area (Å²) in [6.07, 6.45) is 4.07. The molecule has 0 saturated carbocycles. The molecule has 0 saturated heterocycles. The molecular formula is C30H27AlO6. The number of benzene rings is 3. The molecule has 37 heavy (non-hydrogen) atoms. The van der Waals surface area contributed by atoms with Crippen LogP contribution in [0.2, 0.25) is 0 Å². The first-order chi connectivity index (χ1) is 17.8. The second kappa shape index (κ2) is 13.8. The number of rotatable bonds is 12. The molecule has 3 aromatic carbocycles. The Morgan fingerprint density at radius 1 is 0.486 bits per heavy atom. The maximum Gasteiger partial charge on any atom is 1.20 e. The van der Waals surface area contributed by atoms with Gasteiger partial charge in [0.25, 0.3) is 0 Å². The minimum absolute atomic E-state index is 0.225. The monoisotopic (exact) mass is 510 g/mol. The smallest absolute Gasteiger partial charge is 0.577 e. The third-order valence-electron chi connectivity index (χ3n) is 4.85. The minimum Gasteiger partial charge on any atom is -0.577 e. The second-order valence-electron chi connectivity index (χ2n) is 8.10. The zero-order chi connectivity index (χ0) is 26.6. The highest BCUT2D eigenvalue weighted by atomic mass is 27.3. The molecule has 3 rings (SSSR count). The lowest BCUT2D eigenvalue weighted by atomic mass is 10.1. The van der Waals surface area contributed by atoms with Gasteiger partial charge < -0.3 is 11.4 Å². The van der Waals surface area contributed by atoms with Gasteiger partial charge in [0.15, 0.2) is 17.3 Å². The standard InChI is InChI=1S/3C10H10O2.Al/c3*1-8(11)7-10(12)9-5-3-2-4-6-9;/h3*2-7,12H,1H3;/q;;;+3/p-3/b3*10-7-;. The van der Waals surface area contributed by atoms with Crippen molar-refractivity contribution in [2.75, 3.05) is 0 Å². The highest BCUT2D eigenvalue weighted by Crippen LogP contribution is 2.26. The first-order valence-electron chi connectivity index (χ1n) is 11.6. The van der Waals surface area contributed by atoms with E-state index in [4.69, 9.17) is 11.4 Å². The topological polar surface area (TPSA) is 78.9 Å². The van der Waals surface area contributed by atoms with Crippen molar-refractivity contribution in [2.24, 2.45) is 0 Å². The summed E-state index contributed by atoms with van der Waals surface area (Å²) >= 11 is -3.25. The number of hydrogen-bond acceptors (Lipinski definition) is 6. The molecule has 0 bridgehead atoms. The molecule has 3 aromatic rings. The number of ketones is 3. The Balaban J connectivity index is 2.07. The molecule has 0 spiro atoms. The molecule has 0 aliphatic carbocycles. The van der Waals surface area contributed by atoms with Crippen LogP contribution >= 0.6 is 0 Å². The summed E-state index contributed by atoms with van der Waals surface area (Å²) in [5, 5.41) is 0. The van der Waals surface area contributed by atoms with E-state index < -0.39 is 15.1 Å². The van der Waals surface area contributed by atoms with E-state index in [1.165, 1.54) is 39.0 Å². The molecule has 0 unspecified atom stereocenters. The average molecular weight is 511 g/mol. The molecule has 0 radical (unpaired) electrons. The summed E-state index contributed by atoms with van der Waals surface area (Å²) in [5.74, 6) is 0.103. The lowest BCUT2D eigenvalue weighted by Gasteiger charge is -2.21. The summed E-state index contributed by atoms with van der Waals surface area (Å²) in [7, 11) is 0. The maximum absolute atomic E-state index is 12.1. The molecule has 0 atom stereocenters. The van der Waals surface area contributed by atoms with E-state index in [2.05, 4.69) is 0 Å². The lowest BCUT2D eigenvalue weighted by molar-refractivity contribution is -0.113. The Labute approximate surface area is 221 Å². The Morgan fingerprint density at radius 2 is 0.730 bits per heavy atom. The van der Waals surface area contributed by atoms with Crippen molar-refractivity contribution in [1.29, 1.82) is 0 Å². The van der Waals surface area contributed by atoms with Gasteiger partial charge in [-0.25, -0.2) is 0 Å². The van der Waals surface area contributed by atoms with Gasteiger partial charge in [-0.2, -0.15) is 0 Å². The van der Waals surface area contributed by atoms with Gasteiger partial charge in [0.2, 0.25) is 0 Å². The van der Waals surface area contributed by atoms with Crippen molar-refractivity contribution >= 4 is 49.8 Å². The Morgan fingerprint density at radius 3 is 0.946 bits per heavy atom. The van der Waals surface area contributed by atoms with E-state index >= 15 is 0 Å². The van der Waals surface area contributed by atoms with Crippen LogP contribution in [0.5, 0.6) is 0 Å². The molecule has 186 valence electrons. The van der Waals surface area contributed by atoms with Crippen molar-refractivity contribution in [1.82, 2.24) is 0 Å². The fourth-order valence-electron chi connectivity index (χ4n) is 3.30. The van der Waals surface area contributed by atoms with Crippen LogP contribution in [-0.2, 0) is 25.7 Å². The van der Waals surface area contributed by atoms with Gasteiger partial charge in [0.1, 0.15) is 0 Å². The third kappa shape index (κ3) is 9.08. The van der Waals surface area contributed by atoms with Crippen molar-refractivity contribution < 1.29 is 25.7 Å². The summed E-state index contributed by atoms with van der Waals surface area (Å²) in [6, 6.07) is 27.3. The van der Waals surface area contributed by atoms with E-state index in [1.807, 2.05) is 54.6 Å². The van der Waals surface area contributed by atoms with Crippen LogP contribution < -0.4 is 0 Å². The fraction of sp³-hybridized carbons (Fsp3) is 0.100. The van der Waals surface area contributed by atoms with Crippen molar-refractivity contribution in [3.63, 3.8) is 0 Å². The molecule has 7 heteroatoms. The highest BCUT2D eigenvalue weighted by Gasteiger charge is 2.46. The lowest BCUT2D eigenvalue weighted by Crippen LogP contribution is -2.26. The molecule has 0 heterocycles. The summed E-state index contributed by atoms with van der Waals surface area (Å²) < 4.78 is 18.7. The van der Waals surface area contributed by atoms with Crippen LogP contribution in [0.4, 0.5) is 0 Å². The average Bonchev–Trinajstić information content (AvgIpc) is 2.88. The van der Waals surface area contributed by atoms with Crippen LogP contribution in [-0.4, -0.2) is 32.5 Å². The maximum atomic E-state index is 12.1. The number of carbonyl (C=O) groups excluding carboxylic acids is 3. The van der Waals surface area contributed by atoms with Crippen LogP contribution in [0.1, 0.15) is 37.5 Å². The number of carbonyl (C=O) groups is 3. The Bertz CT molecular complexity index is 1150. The van der Waals surface area contributed by atoms with E-state index in [0.29, 0.717) is 16.7 Å². The quantitative estimate of drug-likeness (QED) is 0.171. The normalized spacial score (nSPS) is 11.9. The fourth-order valence-corrected chi connectivity index (χ4v) is 4.68. The predicted molar refractivity (Wildman–Crippen MR) is 144 cm³/mol. The molecular weight excluding hydrogens is 483 g/mol. The molecule has 0 N–H and O–H groups in total. The van der Waals surface area contributed by atoms with Gasteiger partial charge in [-0.05, 0) is 20.8 Å². The van der Waals surface area contributed by atoms with E-state index in [0.717, 1.165) is 0 Å². The molecule has 0 aliphatic heterocycles. The van der Waals surface area contributed by atoms with Gasteiger partial charge in [-0.3, -0.25) is 14.4 Å². The number of hydrogen-bond donors (Lipinski definition) is 0. The zero-order valence-electron chi connectivity index (χ0n) is 20.9. The van der Waals surface area contributed by atoms with Gasteiger partial charge in [-0.1, -0.05) is 91.0 Å². The summed E-state index contributed by atoms with van der Waals surface area (Å²) in [5.41, 5.74) is 1.95. The molecule has 0 amide bonds. The van der Waals surface area contributed by atoms with Crippen LogP contribution in [0, 0.1) is 0 Å². The van der Waals surface area contributed by atoms with Crippen molar-refractivity contribution in [3.8, 4) is 0 Å². The molecule has 6 nitrogen and oxygen atoms in total. The Kier molecular flexibility index (Phi) is 10.2. The van der Waals surface area contributed by atoms with Crippen molar-refractivity contribution in [3.05, 3.63) is 126 Å². The van der Waals surface area contributed by atoms with Crippen LogP contribution in [0.25, 0.3) is 17.3 Å². The van der Waals surface area contributed by atoms with E-state index in [-0.39, 0.29) is 34.6 Å². The predicted octanol–water partition coefficient (Wildman–Crippen LogP) is 5.91. The van der Waals surface area contributed by atoms with Gasteiger partial charge >= 0.3 is 15.1 Å². The highest BCUT2D eigenvalue weighted by molar-refractivity contribution is 6.41. The summed E-state index contributed by atoms with van der Waals surface area (Å²) in [4.78, 5) is 36.2. The number of allylic oxidation sites excluding steroid dienone is 3. The SMILES string of the molecule is CC(=O)/C=C(\[O][Al]([O]/C(=C\C(C)=O)c1ccccc1)[O]/C(=C\C(C)=O)c1ccccc1)c1ccccc1. The van der Waals surface area contributed by atoms with E-state index in [9.17, 15) is 14.4 Å². The molecule has 0 fully saturated rings. The zero-order valence-corrected chi connectivity index (χ0v) is 22.1. The van der Waals surface area contributed by atoms with Gasteiger partial charge in [0.05, 0.1) is 17.3 Å².